The Labute approximate surface area is 343 Å². The first-order valence-electron chi connectivity index (χ1n) is 18.8. The molecule has 0 saturated carbocycles. The van der Waals surface area contributed by atoms with Gasteiger partial charge in [-0.2, -0.15) is 18.2 Å². The molecule has 5 nitrogen and oxygen atoms in total. The van der Waals surface area contributed by atoms with E-state index < -0.39 is 0 Å². The second-order valence-corrected chi connectivity index (χ2v) is 16.2. The Hall–Kier alpha value is -5.77. The third-order valence-corrected chi connectivity index (χ3v) is 10.3. The van der Waals surface area contributed by atoms with Crippen molar-refractivity contribution in [3.05, 3.63) is 175 Å². The number of para-hydroxylation sites is 3. The van der Waals surface area contributed by atoms with Crippen LogP contribution in [-0.2, 0) is 31.9 Å². The number of rotatable bonds is 6. The van der Waals surface area contributed by atoms with Gasteiger partial charge in [-0.05, 0) is 74.5 Å². The number of fused-ring (bicyclic) bond motifs is 4. The number of imidazole rings is 1. The molecule has 0 spiro atoms. The number of hydrogen-bond donors (Lipinski definition) is 0. The largest absolute Gasteiger partial charge is 0.510 e. The standard InChI is InChI=1S/C50H42N4O.Pt/c1-49(2,3)35-27-28-51-48(30-35)54-46-29-34(40-19-10-11-20-43(40)50(4,5)6)23-25-41(46)42-26-24-39(32-47(42)54)55-38-18-14-17-37(31-38)53-33-52(36-15-8-7-9-16-36)44-21-12-13-22-45(44)53;/h7-30H,1-6H3;/q-2;. The van der Waals surface area contributed by atoms with Crippen LogP contribution in [0, 0.1) is 18.5 Å². The van der Waals surface area contributed by atoms with E-state index in [0.29, 0.717) is 11.5 Å². The van der Waals surface area contributed by atoms with Crippen molar-refractivity contribution in [3.63, 3.8) is 0 Å². The van der Waals surface area contributed by atoms with Crippen LogP contribution < -0.4 is 9.30 Å². The Morgan fingerprint density at radius 2 is 1.36 bits per heavy atom. The van der Waals surface area contributed by atoms with Crippen molar-refractivity contribution >= 4 is 32.8 Å². The second kappa shape index (κ2) is 14.4. The van der Waals surface area contributed by atoms with Crippen LogP contribution in [0.1, 0.15) is 52.7 Å². The summed E-state index contributed by atoms with van der Waals surface area (Å²) < 4.78 is 12.9. The van der Waals surface area contributed by atoms with Crippen LogP contribution in [0.15, 0.2) is 146 Å². The van der Waals surface area contributed by atoms with Gasteiger partial charge in [0.2, 0.25) is 0 Å². The van der Waals surface area contributed by atoms with Gasteiger partial charge in [-0.1, -0.05) is 126 Å². The molecule has 0 unspecified atom stereocenters. The van der Waals surface area contributed by atoms with Crippen LogP contribution in [0.4, 0.5) is 0 Å². The summed E-state index contributed by atoms with van der Waals surface area (Å²) in [6.45, 7) is 13.5. The molecule has 0 aliphatic rings. The summed E-state index contributed by atoms with van der Waals surface area (Å²) in [5.74, 6) is 2.02. The summed E-state index contributed by atoms with van der Waals surface area (Å²) in [7, 11) is 0. The molecule has 280 valence electrons. The fourth-order valence-electron chi connectivity index (χ4n) is 7.54. The SMILES string of the molecule is CC(C)(C)c1ccnc(-n2c3[c-]c(Oc4[c-]c(-n5[c-][n+](-c6ccccc6)c6ccccc65)ccc4)ccc3c3ccc(-c4ccccc4C(C)(C)C)cc32)c1.[Pt]. The molecule has 9 rings (SSSR count). The van der Waals surface area contributed by atoms with E-state index in [-0.39, 0.29) is 31.9 Å². The molecule has 0 atom stereocenters. The average Bonchev–Trinajstić information content (AvgIpc) is 3.73. The predicted octanol–water partition coefficient (Wildman–Crippen LogP) is 11.9. The molecule has 0 amide bonds. The maximum Gasteiger partial charge on any atom is 0.268 e. The van der Waals surface area contributed by atoms with Gasteiger partial charge in [-0.3, -0.25) is 4.57 Å². The van der Waals surface area contributed by atoms with Gasteiger partial charge in [0.25, 0.3) is 6.33 Å². The predicted molar refractivity (Wildman–Crippen MR) is 223 cm³/mol. The maximum absolute atomic E-state index is 6.58. The molecule has 0 bridgehead atoms. The third-order valence-electron chi connectivity index (χ3n) is 10.3. The van der Waals surface area contributed by atoms with E-state index in [2.05, 4.69) is 160 Å². The van der Waals surface area contributed by atoms with Crippen molar-refractivity contribution in [2.24, 2.45) is 0 Å². The van der Waals surface area contributed by atoms with Crippen LogP contribution in [0.25, 0.3) is 61.2 Å². The Bertz CT molecular complexity index is 2870. The summed E-state index contributed by atoms with van der Waals surface area (Å²) in [6.07, 6.45) is 5.46. The molecule has 0 aliphatic carbocycles. The van der Waals surface area contributed by atoms with E-state index >= 15 is 0 Å². The van der Waals surface area contributed by atoms with Crippen LogP contribution in [0.5, 0.6) is 11.5 Å². The van der Waals surface area contributed by atoms with E-state index in [0.717, 1.165) is 50.0 Å². The van der Waals surface area contributed by atoms with Crippen molar-refractivity contribution < 1.29 is 30.4 Å². The normalized spacial score (nSPS) is 12.0. The first-order chi connectivity index (χ1) is 26.5. The molecule has 6 heteroatoms. The third kappa shape index (κ3) is 6.75. The van der Waals surface area contributed by atoms with Crippen LogP contribution in [0.2, 0.25) is 0 Å². The van der Waals surface area contributed by atoms with Gasteiger partial charge in [0, 0.05) is 44.3 Å². The number of ether oxygens (including phenoxy) is 1. The van der Waals surface area contributed by atoms with Gasteiger partial charge in [-0.15, -0.1) is 29.7 Å². The van der Waals surface area contributed by atoms with Crippen LogP contribution in [-0.4, -0.2) is 14.1 Å². The fourth-order valence-corrected chi connectivity index (χ4v) is 7.54. The summed E-state index contributed by atoms with van der Waals surface area (Å²) in [4.78, 5) is 4.95. The van der Waals surface area contributed by atoms with Gasteiger partial charge in [0.15, 0.2) is 0 Å². The molecule has 0 N–H and O–H groups in total. The number of pyridine rings is 1. The molecule has 0 fully saturated rings. The maximum atomic E-state index is 6.58. The molecule has 3 heterocycles. The quantitative estimate of drug-likeness (QED) is 0.123. The van der Waals surface area contributed by atoms with Crippen molar-refractivity contribution in [2.45, 2.75) is 52.4 Å². The van der Waals surface area contributed by atoms with Gasteiger partial charge in [0.1, 0.15) is 5.82 Å². The topological polar surface area (TPSA) is 35.9 Å². The zero-order valence-corrected chi connectivity index (χ0v) is 34.6. The summed E-state index contributed by atoms with van der Waals surface area (Å²) >= 11 is 0. The average molecular weight is 910 g/mol. The van der Waals surface area contributed by atoms with Crippen LogP contribution >= 0.6 is 0 Å². The van der Waals surface area contributed by atoms with E-state index in [1.165, 1.54) is 22.3 Å². The molecule has 0 saturated heterocycles. The molecule has 6 aromatic carbocycles. The van der Waals surface area contributed by atoms with Crippen molar-refractivity contribution in [1.29, 1.82) is 0 Å². The summed E-state index contributed by atoms with van der Waals surface area (Å²) in [5, 5.41) is 2.21. The number of hydrogen-bond acceptors (Lipinski definition) is 2. The molecule has 0 aliphatic heterocycles. The number of nitrogens with zero attached hydrogens (tertiary/aromatic N) is 4. The monoisotopic (exact) mass is 909 g/mol. The molecular formula is C50H42N4OPt-2. The van der Waals surface area contributed by atoms with Gasteiger partial charge in [-0.25, -0.2) is 4.98 Å². The van der Waals surface area contributed by atoms with Crippen molar-refractivity contribution in [3.8, 4) is 39.8 Å². The minimum Gasteiger partial charge on any atom is -0.510 e. The molecule has 3 aromatic heterocycles. The molecule has 0 radical (unpaired) electrons. The van der Waals surface area contributed by atoms with E-state index in [4.69, 9.17) is 9.72 Å². The zero-order valence-electron chi connectivity index (χ0n) is 32.4. The van der Waals surface area contributed by atoms with E-state index in [9.17, 15) is 0 Å². The second-order valence-electron chi connectivity index (χ2n) is 16.2. The molecular weight excluding hydrogens is 868 g/mol. The van der Waals surface area contributed by atoms with Crippen LogP contribution in [0.3, 0.4) is 0 Å². The minimum absolute atomic E-state index is 0. The van der Waals surface area contributed by atoms with Gasteiger partial charge < -0.3 is 13.9 Å². The first kappa shape index (κ1) is 37.2. The summed E-state index contributed by atoms with van der Waals surface area (Å²) in [5.41, 5.74) is 10.8. The van der Waals surface area contributed by atoms with E-state index in [1.807, 2.05) is 59.3 Å². The number of aromatic nitrogens is 4. The Morgan fingerprint density at radius 1 is 0.625 bits per heavy atom. The Balaban J connectivity index is 0.00000441. The minimum atomic E-state index is -0.0467. The van der Waals surface area contributed by atoms with E-state index in [1.54, 1.807) is 0 Å². The smallest absolute Gasteiger partial charge is 0.268 e. The fraction of sp³-hybridized carbons (Fsp3) is 0.160. The van der Waals surface area contributed by atoms with Crippen molar-refractivity contribution in [2.75, 3.05) is 0 Å². The summed E-state index contributed by atoms with van der Waals surface area (Å²) in [6, 6.07) is 55.6. The van der Waals surface area contributed by atoms with Crippen molar-refractivity contribution in [1.82, 2.24) is 14.1 Å². The molecule has 56 heavy (non-hydrogen) atoms. The van der Waals surface area contributed by atoms with Gasteiger partial charge in [0.05, 0.1) is 16.7 Å². The Morgan fingerprint density at radius 3 is 2.16 bits per heavy atom. The first-order valence-corrected chi connectivity index (χ1v) is 18.8. The number of benzene rings is 6. The van der Waals surface area contributed by atoms with Gasteiger partial charge >= 0.3 is 0 Å². The Kier molecular flexibility index (Phi) is 9.55. The zero-order chi connectivity index (χ0) is 37.9. The molecule has 9 aromatic rings.